The molecule has 166 valence electrons. The van der Waals surface area contributed by atoms with Crippen LogP contribution in [0.15, 0.2) is 61.1 Å². The van der Waals surface area contributed by atoms with Gasteiger partial charge in [-0.3, -0.25) is 0 Å². The number of pyridine rings is 1. The monoisotopic (exact) mass is 445 g/mol. The zero-order valence-corrected chi connectivity index (χ0v) is 16.7. The second-order valence-electron chi connectivity index (χ2n) is 6.85. The van der Waals surface area contributed by atoms with E-state index in [9.17, 15) is 18.0 Å². The fourth-order valence-electron chi connectivity index (χ4n) is 3.01. The van der Waals surface area contributed by atoms with Crippen molar-refractivity contribution in [1.29, 1.82) is 0 Å². The third-order valence-corrected chi connectivity index (χ3v) is 4.69. The second-order valence-corrected chi connectivity index (χ2v) is 6.85. The molecule has 0 radical (unpaired) electrons. The topological polar surface area (TPSA) is 80.7 Å². The highest BCUT2D eigenvalue weighted by atomic mass is 19.4. The molecule has 1 saturated heterocycles. The molecule has 0 saturated carbocycles. The van der Waals surface area contributed by atoms with Gasteiger partial charge in [0, 0.05) is 50.8 Å². The maximum absolute atomic E-state index is 12.6. The van der Waals surface area contributed by atoms with E-state index in [1.54, 1.807) is 23.4 Å². The lowest BCUT2D eigenvalue weighted by Crippen LogP contribution is -2.50. The third kappa shape index (κ3) is 5.23. The van der Waals surface area contributed by atoms with Gasteiger partial charge in [-0.25, -0.2) is 19.7 Å². The number of carbonyl (C=O) groups excluding carboxylic acids is 1. The minimum absolute atomic E-state index is 0.0167. The molecule has 3 aromatic rings. The van der Waals surface area contributed by atoms with Gasteiger partial charge in [-0.1, -0.05) is 0 Å². The summed E-state index contributed by atoms with van der Waals surface area (Å²) < 4.78 is 48.6. The molecule has 3 heterocycles. The predicted octanol–water partition coefficient (Wildman–Crippen LogP) is 4.00. The Labute approximate surface area is 181 Å². The van der Waals surface area contributed by atoms with Gasteiger partial charge >= 0.3 is 12.3 Å². The fourth-order valence-corrected chi connectivity index (χ4v) is 3.01. The standard InChI is InChI=1S/C21H18F3N5O3/c22-21(23,24)15-2-7-18(27-14-15)31-16-3-5-17(6-4-16)32-20(30)29-12-10-28(11-13-29)19-25-8-1-9-26-19/h1-9,14H,10-13H2. The van der Waals surface area contributed by atoms with Gasteiger partial charge < -0.3 is 19.3 Å². The smallest absolute Gasteiger partial charge is 0.417 e. The van der Waals surface area contributed by atoms with E-state index in [0.717, 1.165) is 12.1 Å². The molecule has 32 heavy (non-hydrogen) atoms. The van der Waals surface area contributed by atoms with Gasteiger partial charge in [0.25, 0.3) is 0 Å². The maximum Gasteiger partial charge on any atom is 0.417 e. The third-order valence-electron chi connectivity index (χ3n) is 4.69. The van der Waals surface area contributed by atoms with Crippen molar-refractivity contribution < 1.29 is 27.4 Å². The van der Waals surface area contributed by atoms with Crippen LogP contribution in [0.5, 0.6) is 17.4 Å². The number of hydrogen-bond acceptors (Lipinski definition) is 7. The maximum atomic E-state index is 12.6. The molecule has 0 aliphatic carbocycles. The summed E-state index contributed by atoms with van der Waals surface area (Å²) in [6.45, 7) is 2.12. The molecule has 1 aliphatic rings. The number of halogens is 3. The van der Waals surface area contributed by atoms with Crippen LogP contribution in [-0.2, 0) is 6.18 Å². The molecule has 1 aliphatic heterocycles. The van der Waals surface area contributed by atoms with E-state index < -0.39 is 17.8 Å². The van der Waals surface area contributed by atoms with Gasteiger partial charge in [-0.05, 0) is 36.4 Å². The Hall–Kier alpha value is -3.89. The Bertz CT molecular complexity index is 1040. The summed E-state index contributed by atoms with van der Waals surface area (Å²) >= 11 is 0. The summed E-state index contributed by atoms with van der Waals surface area (Å²) in [5.74, 6) is 1.30. The molecule has 0 unspecified atom stereocenters. The first-order valence-electron chi connectivity index (χ1n) is 9.68. The highest BCUT2D eigenvalue weighted by Crippen LogP contribution is 2.30. The molecule has 8 nitrogen and oxygen atoms in total. The number of ether oxygens (including phenoxy) is 2. The zero-order chi connectivity index (χ0) is 22.6. The predicted molar refractivity (Wildman–Crippen MR) is 108 cm³/mol. The lowest BCUT2D eigenvalue weighted by Gasteiger charge is -2.33. The van der Waals surface area contributed by atoms with Crippen LogP contribution in [0, 0.1) is 0 Å². The number of aromatic nitrogens is 3. The zero-order valence-electron chi connectivity index (χ0n) is 16.7. The quantitative estimate of drug-likeness (QED) is 0.600. The molecule has 0 bridgehead atoms. The molecule has 11 heteroatoms. The average Bonchev–Trinajstić information content (AvgIpc) is 2.81. The van der Waals surface area contributed by atoms with Crippen LogP contribution in [0.1, 0.15) is 5.56 Å². The van der Waals surface area contributed by atoms with Crippen LogP contribution in [0.4, 0.5) is 23.9 Å². The SMILES string of the molecule is O=C(Oc1ccc(Oc2ccc(C(F)(F)F)cn2)cc1)N1CCN(c2ncccn2)CC1. The number of alkyl halides is 3. The Morgan fingerprint density at radius 3 is 2.12 bits per heavy atom. The van der Waals surface area contributed by atoms with Crippen LogP contribution in [0.25, 0.3) is 0 Å². The second kappa shape index (κ2) is 9.08. The number of anilines is 1. The van der Waals surface area contributed by atoms with Crippen LogP contribution < -0.4 is 14.4 Å². The van der Waals surface area contributed by atoms with E-state index in [1.807, 2.05) is 4.90 Å². The fraction of sp³-hybridized carbons (Fsp3) is 0.238. The molecule has 4 rings (SSSR count). The lowest BCUT2D eigenvalue weighted by molar-refractivity contribution is -0.137. The van der Waals surface area contributed by atoms with Gasteiger partial charge in [0.2, 0.25) is 11.8 Å². The van der Waals surface area contributed by atoms with Crippen molar-refractivity contribution in [3.63, 3.8) is 0 Å². The first-order valence-corrected chi connectivity index (χ1v) is 9.68. The highest BCUT2D eigenvalue weighted by molar-refractivity contribution is 5.71. The summed E-state index contributed by atoms with van der Waals surface area (Å²) in [5.41, 5.74) is -0.857. The molecule has 1 amide bonds. The number of benzene rings is 1. The van der Waals surface area contributed by atoms with Crippen LogP contribution in [0.2, 0.25) is 0 Å². The van der Waals surface area contributed by atoms with E-state index in [0.29, 0.717) is 49.8 Å². The van der Waals surface area contributed by atoms with Crippen LogP contribution >= 0.6 is 0 Å². The molecule has 0 N–H and O–H groups in total. The molecule has 0 spiro atoms. The van der Waals surface area contributed by atoms with Crippen molar-refractivity contribution in [1.82, 2.24) is 19.9 Å². The Morgan fingerprint density at radius 2 is 1.53 bits per heavy atom. The Kier molecular flexibility index (Phi) is 6.06. The van der Waals surface area contributed by atoms with Gasteiger partial charge in [-0.2, -0.15) is 13.2 Å². The summed E-state index contributed by atoms with van der Waals surface area (Å²) in [4.78, 5) is 28.1. The molecular weight excluding hydrogens is 427 g/mol. The van der Waals surface area contributed by atoms with E-state index in [4.69, 9.17) is 9.47 Å². The molecule has 1 aromatic carbocycles. The van der Waals surface area contributed by atoms with Crippen molar-refractivity contribution in [2.24, 2.45) is 0 Å². The number of amides is 1. The van der Waals surface area contributed by atoms with Crippen molar-refractivity contribution in [2.45, 2.75) is 6.18 Å². The summed E-state index contributed by atoms with van der Waals surface area (Å²) in [7, 11) is 0. The van der Waals surface area contributed by atoms with Gasteiger partial charge in [-0.15, -0.1) is 0 Å². The minimum Gasteiger partial charge on any atom is -0.439 e. The molecule has 1 fully saturated rings. The van der Waals surface area contributed by atoms with Crippen molar-refractivity contribution in [2.75, 3.05) is 31.1 Å². The van der Waals surface area contributed by atoms with Crippen molar-refractivity contribution in [3.8, 4) is 17.4 Å². The van der Waals surface area contributed by atoms with E-state index in [-0.39, 0.29) is 5.88 Å². The molecular formula is C21H18F3N5O3. The van der Waals surface area contributed by atoms with E-state index in [2.05, 4.69) is 15.0 Å². The largest absolute Gasteiger partial charge is 0.439 e. The first kappa shape index (κ1) is 21.3. The number of nitrogens with zero attached hydrogens (tertiary/aromatic N) is 5. The lowest BCUT2D eigenvalue weighted by atomic mass is 10.3. The average molecular weight is 445 g/mol. The van der Waals surface area contributed by atoms with Gasteiger partial charge in [0.1, 0.15) is 11.5 Å². The van der Waals surface area contributed by atoms with E-state index in [1.165, 1.54) is 24.3 Å². The Morgan fingerprint density at radius 1 is 0.875 bits per heavy atom. The number of hydrogen-bond donors (Lipinski definition) is 0. The van der Waals surface area contributed by atoms with E-state index >= 15 is 0 Å². The van der Waals surface area contributed by atoms with Gasteiger partial charge in [0.15, 0.2) is 0 Å². The molecule has 2 aromatic heterocycles. The van der Waals surface area contributed by atoms with Crippen molar-refractivity contribution >= 4 is 12.0 Å². The van der Waals surface area contributed by atoms with Crippen LogP contribution in [0.3, 0.4) is 0 Å². The first-order chi connectivity index (χ1) is 15.4. The summed E-state index contributed by atoms with van der Waals surface area (Å²) in [5, 5.41) is 0. The van der Waals surface area contributed by atoms with Gasteiger partial charge in [0.05, 0.1) is 5.56 Å². The number of carbonyl (C=O) groups is 1. The number of piperazine rings is 1. The normalized spacial score (nSPS) is 14.2. The highest BCUT2D eigenvalue weighted by Gasteiger charge is 2.30. The summed E-state index contributed by atoms with van der Waals surface area (Å²) in [6, 6.07) is 9.91. The van der Waals surface area contributed by atoms with Crippen molar-refractivity contribution in [3.05, 3.63) is 66.6 Å². The number of rotatable bonds is 4. The molecule has 0 atom stereocenters. The minimum atomic E-state index is -4.46. The summed E-state index contributed by atoms with van der Waals surface area (Å²) in [6.07, 6.45) is -0.890. The van der Waals surface area contributed by atoms with Crippen LogP contribution in [-0.4, -0.2) is 52.1 Å². The Balaban J connectivity index is 1.28.